The van der Waals surface area contributed by atoms with E-state index in [0.29, 0.717) is 10.2 Å². The first-order valence-corrected chi connectivity index (χ1v) is 11.0. The Bertz CT molecular complexity index is 963. The Hall–Kier alpha value is -1.93. The lowest BCUT2D eigenvalue weighted by molar-refractivity contribution is -0.117. The highest BCUT2D eigenvalue weighted by atomic mass is 79.9. The summed E-state index contributed by atoms with van der Waals surface area (Å²) in [5.74, 6) is -1.20. The number of hydrogen-bond donors (Lipinski definition) is 1. The van der Waals surface area contributed by atoms with Gasteiger partial charge in [0.15, 0.2) is 0 Å². The maximum absolute atomic E-state index is 14.1. The average molecular weight is 457 g/mol. The number of hydrogen-bond acceptors (Lipinski definition) is 3. The second kappa shape index (κ2) is 8.39. The highest BCUT2D eigenvalue weighted by molar-refractivity contribution is 9.10. The Labute approximate surface area is 167 Å². The van der Waals surface area contributed by atoms with Gasteiger partial charge in [-0.2, -0.15) is 0 Å². The van der Waals surface area contributed by atoms with E-state index in [1.54, 1.807) is 25.1 Å². The summed E-state index contributed by atoms with van der Waals surface area (Å²) in [6.45, 7) is 5.50. The molecule has 1 atom stereocenters. The third kappa shape index (κ3) is 5.07. The summed E-state index contributed by atoms with van der Waals surface area (Å²) in [6, 6.07) is 8.44. The monoisotopic (exact) mass is 456 g/mol. The highest BCUT2D eigenvalue weighted by Crippen LogP contribution is 2.26. The SMILES string of the molecule is CC[C@@H](C(=O)Nc1ccc(Br)cc1F)N(c1ccc(C)c(C)c1)S(C)(=O)=O. The van der Waals surface area contributed by atoms with Gasteiger partial charge >= 0.3 is 0 Å². The van der Waals surface area contributed by atoms with E-state index < -0.39 is 27.8 Å². The number of carbonyl (C=O) groups excluding carboxylic acids is 1. The molecular weight excluding hydrogens is 435 g/mol. The molecule has 0 fully saturated rings. The number of anilines is 2. The number of carbonyl (C=O) groups is 1. The van der Waals surface area contributed by atoms with Gasteiger partial charge in [-0.1, -0.05) is 28.9 Å². The van der Waals surface area contributed by atoms with Crippen molar-refractivity contribution in [3.05, 3.63) is 57.8 Å². The van der Waals surface area contributed by atoms with Crippen molar-refractivity contribution in [2.75, 3.05) is 15.9 Å². The molecule has 0 bridgehead atoms. The number of nitrogens with one attached hydrogen (secondary N) is 1. The number of benzene rings is 2. The Balaban J connectivity index is 2.42. The minimum Gasteiger partial charge on any atom is -0.322 e. The highest BCUT2D eigenvalue weighted by Gasteiger charge is 2.32. The second-order valence-electron chi connectivity index (χ2n) is 6.36. The molecule has 0 saturated heterocycles. The van der Waals surface area contributed by atoms with E-state index >= 15 is 0 Å². The Morgan fingerprint density at radius 1 is 1.19 bits per heavy atom. The minimum atomic E-state index is -3.74. The van der Waals surface area contributed by atoms with Gasteiger partial charge in [-0.15, -0.1) is 0 Å². The molecule has 146 valence electrons. The van der Waals surface area contributed by atoms with Crippen molar-refractivity contribution in [3.63, 3.8) is 0 Å². The molecular formula is C19H22BrFN2O3S. The zero-order chi connectivity index (χ0) is 20.4. The van der Waals surface area contributed by atoms with Crippen molar-refractivity contribution in [1.29, 1.82) is 0 Å². The summed E-state index contributed by atoms with van der Waals surface area (Å²) >= 11 is 3.16. The topological polar surface area (TPSA) is 66.5 Å². The van der Waals surface area contributed by atoms with Gasteiger partial charge in [0.05, 0.1) is 17.6 Å². The zero-order valence-corrected chi connectivity index (χ0v) is 18.0. The molecule has 2 aromatic carbocycles. The third-order valence-electron chi connectivity index (χ3n) is 4.26. The third-order valence-corrected chi connectivity index (χ3v) is 5.94. The van der Waals surface area contributed by atoms with Crippen molar-refractivity contribution < 1.29 is 17.6 Å². The first-order chi connectivity index (χ1) is 12.5. The molecule has 0 spiro atoms. The fraction of sp³-hybridized carbons (Fsp3) is 0.316. The van der Waals surface area contributed by atoms with Crippen LogP contribution in [0.1, 0.15) is 24.5 Å². The maximum atomic E-state index is 14.1. The molecule has 1 N–H and O–H groups in total. The van der Waals surface area contributed by atoms with Crippen LogP contribution in [-0.2, 0) is 14.8 Å². The molecule has 2 rings (SSSR count). The average Bonchev–Trinajstić information content (AvgIpc) is 2.56. The molecule has 0 aliphatic rings. The van der Waals surface area contributed by atoms with Crippen LogP contribution >= 0.6 is 15.9 Å². The Morgan fingerprint density at radius 3 is 2.37 bits per heavy atom. The molecule has 1 amide bonds. The Morgan fingerprint density at radius 2 is 1.85 bits per heavy atom. The molecule has 2 aromatic rings. The lowest BCUT2D eigenvalue weighted by Crippen LogP contribution is -2.47. The number of halogens is 2. The second-order valence-corrected chi connectivity index (χ2v) is 9.14. The van der Waals surface area contributed by atoms with Gasteiger partial charge in [-0.05, 0) is 61.7 Å². The number of nitrogens with zero attached hydrogens (tertiary/aromatic N) is 1. The molecule has 0 aliphatic heterocycles. The van der Waals surface area contributed by atoms with E-state index in [1.165, 1.54) is 12.1 Å². The van der Waals surface area contributed by atoms with Gasteiger partial charge in [-0.25, -0.2) is 12.8 Å². The molecule has 0 aromatic heterocycles. The summed E-state index contributed by atoms with van der Waals surface area (Å²) in [6.07, 6.45) is 1.28. The normalized spacial score (nSPS) is 12.5. The lowest BCUT2D eigenvalue weighted by Gasteiger charge is -2.30. The molecule has 0 radical (unpaired) electrons. The van der Waals surface area contributed by atoms with Crippen LogP contribution < -0.4 is 9.62 Å². The lowest BCUT2D eigenvalue weighted by atomic mass is 10.1. The smallest absolute Gasteiger partial charge is 0.248 e. The van der Waals surface area contributed by atoms with Gasteiger partial charge in [0.25, 0.3) is 0 Å². The van der Waals surface area contributed by atoms with Crippen LogP contribution in [0.5, 0.6) is 0 Å². The predicted octanol–water partition coefficient (Wildman–Crippen LogP) is 4.39. The largest absolute Gasteiger partial charge is 0.322 e. The summed E-state index contributed by atoms with van der Waals surface area (Å²) in [4.78, 5) is 12.8. The fourth-order valence-corrected chi connectivity index (χ4v) is 4.27. The van der Waals surface area contributed by atoms with Gasteiger partial charge in [0, 0.05) is 4.47 Å². The predicted molar refractivity (Wildman–Crippen MR) is 110 cm³/mol. The molecule has 0 unspecified atom stereocenters. The van der Waals surface area contributed by atoms with Crippen LogP contribution in [0.3, 0.4) is 0 Å². The summed E-state index contributed by atoms with van der Waals surface area (Å²) in [5.41, 5.74) is 2.33. The van der Waals surface area contributed by atoms with Crippen LogP contribution in [0.4, 0.5) is 15.8 Å². The van der Waals surface area contributed by atoms with Crippen LogP contribution in [0, 0.1) is 19.7 Å². The summed E-state index contributed by atoms with van der Waals surface area (Å²) in [7, 11) is -3.74. The van der Waals surface area contributed by atoms with E-state index in [1.807, 2.05) is 19.9 Å². The van der Waals surface area contributed by atoms with E-state index in [4.69, 9.17) is 0 Å². The molecule has 0 aliphatic carbocycles. The number of amides is 1. The fourth-order valence-electron chi connectivity index (χ4n) is 2.73. The van der Waals surface area contributed by atoms with Crippen molar-refractivity contribution in [3.8, 4) is 0 Å². The van der Waals surface area contributed by atoms with Gasteiger partial charge in [0.2, 0.25) is 15.9 Å². The van der Waals surface area contributed by atoms with Crippen LogP contribution in [0.2, 0.25) is 0 Å². The standard InChI is InChI=1S/C19H22BrFN2O3S/c1-5-18(19(24)22-17-9-7-14(20)11-16(17)21)23(27(4,25)26)15-8-6-12(2)13(3)10-15/h6-11,18H,5H2,1-4H3,(H,22,24)/t18-/m0/s1. The van der Waals surface area contributed by atoms with E-state index in [9.17, 15) is 17.6 Å². The minimum absolute atomic E-state index is 0.00446. The van der Waals surface area contributed by atoms with Crippen LogP contribution in [0.15, 0.2) is 40.9 Å². The Kier molecular flexibility index (Phi) is 6.64. The first-order valence-electron chi connectivity index (χ1n) is 8.37. The molecule has 0 heterocycles. The van der Waals surface area contributed by atoms with Crippen molar-refractivity contribution in [1.82, 2.24) is 0 Å². The summed E-state index contributed by atoms with van der Waals surface area (Å²) in [5, 5.41) is 2.50. The van der Waals surface area contributed by atoms with E-state index in [0.717, 1.165) is 21.7 Å². The molecule has 8 heteroatoms. The van der Waals surface area contributed by atoms with E-state index in [-0.39, 0.29) is 12.1 Å². The van der Waals surface area contributed by atoms with E-state index in [2.05, 4.69) is 21.2 Å². The quantitative estimate of drug-likeness (QED) is 0.700. The zero-order valence-electron chi connectivity index (χ0n) is 15.6. The maximum Gasteiger partial charge on any atom is 0.248 e. The van der Waals surface area contributed by atoms with Crippen molar-refractivity contribution >= 4 is 43.2 Å². The van der Waals surface area contributed by atoms with Gasteiger partial charge in [-0.3, -0.25) is 9.10 Å². The number of rotatable bonds is 6. The van der Waals surface area contributed by atoms with Crippen molar-refractivity contribution in [2.24, 2.45) is 0 Å². The van der Waals surface area contributed by atoms with Crippen LogP contribution in [0.25, 0.3) is 0 Å². The molecule has 27 heavy (non-hydrogen) atoms. The first kappa shape index (κ1) is 21.4. The van der Waals surface area contributed by atoms with Gasteiger partial charge in [0.1, 0.15) is 11.9 Å². The molecule has 0 saturated carbocycles. The van der Waals surface area contributed by atoms with Crippen molar-refractivity contribution in [2.45, 2.75) is 33.2 Å². The van der Waals surface area contributed by atoms with Crippen LogP contribution in [-0.4, -0.2) is 26.6 Å². The number of sulfonamides is 1. The summed E-state index contributed by atoms with van der Waals surface area (Å²) < 4.78 is 40.6. The molecule has 5 nitrogen and oxygen atoms in total. The number of aryl methyl sites for hydroxylation is 2. The van der Waals surface area contributed by atoms with Gasteiger partial charge < -0.3 is 5.32 Å².